The van der Waals surface area contributed by atoms with Crippen LogP contribution >= 0.6 is 23.1 Å². The molecule has 4 nitrogen and oxygen atoms in total. The lowest BCUT2D eigenvalue weighted by Crippen LogP contribution is -2.07. The van der Waals surface area contributed by atoms with Crippen LogP contribution in [0.1, 0.15) is 29.3 Å². The van der Waals surface area contributed by atoms with Crippen LogP contribution in [-0.2, 0) is 0 Å². The summed E-state index contributed by atoms with van der Waals surface area (Å²) < 4.78 is 1.07. The van der Waals surface area contributed by atoms with Crippen molar-refractivity contribution < 1.29 is 4.79 Å². The normalized spacial score (nSPS) is 10.1. The molecule has 108 valence electrons. The van der Waals surface area contributed by atoms with E-state index in [-0.39, 0.29) is 5.78 Å². The molecular formula is C15H15N3OS2. The second-order valence-electron chi connectivity index (χ2n) is 4.36. The van der Waals surface area contributed by atoms with Crippen molar-refractivity contribution in [3.05, 3.63) is 40.9 Å². The molecule has 21 heavy (non-hydrogen) atoms. The topological polar surface area (TPSA) is 65.8 Å². The number of nitrogens with one attached hydrogen (secondary N) is 1. The second-order valence-corrected chi connectivity index (χ2v) is 6.59. The van der Waals surface area contributed by atoms with Gasteiger partial charge in [0.2, 0.25) is 0 Å². The third-order valence-corrected chi connectivity index (χ3v) is 4.85. The zero-order valence-corrected chi connectivity index (χ0v) is 13.3. The van der Waals surface area contributed by atoms with Gasteiger partial charge in [0.1, 0.15) is 4.34 Å². The number of Topliss-reactive ketones (excluding diaryl/α,β-unsaturated/α-hetero) is 1. The van der Waals surface area contributed by atoms with Gasteiger partial charge in [-0.25, -0.2) is 4.98 Å². The summed E-state index contributed by atoms with van der Waals surface area (Å²) in [6.45, 7) is 2.29. The van der Waals surface area contributed by atoms with Crippen LogP contribution in [0.25, 0.3) is 0 Å². The van der Waals surface area contributed by atoms with E-state index in [9.17, 15) is 4.79 Å². The van der Waals surface area contributed by atoms with E-state index in [1.807, 2.05) is 5.38 Å². The molecule has 0 radical (unpaired) electrons. The first-order chi connectivity index (χ1) is 10.2. The highest BCUT2D eigenvalue weighted by Gasteiger charge is 2.07. The fourth-order valence-corrected chi connectivity index (χ4v) is 3.45. The Morgan fingerprint density at radius 2 is 2.38 bits per heavy atom. The number of thioether (sulfide) groups is 1. The van der Waals surface area contributed by atoms with Gasteiger partial charge in [0.15, 0.2) is 5.78 Å². The fraction of sp³-hybridized carbons (Fsp3) is 0.267. The molecule has 0 aliphatic carbocycles. The SMILES string of the molecule is CC(=O)c1ccc(C#N)cc1NCCCSc1nccs1. The lowest BCUT2D eigenvalue weighted by molar-refractivity contribution is 0.101. The molecular weight excluding hydrogens is 302 g/mol. The van der Waals surface area contributed by atoms with E-state index in [1.165, 1.54) is 6.92 Å². The van der Waals surface area contributed by atoms with Crippen molar-refractivity contribution in [1.29, 1.82) is 5.26 Å². The monoisotopic (exact) mass is 317 g/mol. The van der Waals surface area contributed by atoms with E-state index in [4.69, 9.17) is 5.26 Å². The maximum absolute atomic E-state index is 11.6. The molecule has 0 unspecified atom stereocenters. The largest absolute Gasteiger partial charge is 0.384 e. The van der Waals surface area contributed by atoms with Gasteiger partial charge >= 0.3 is 0 Å². The molecule has 0 saturated carbocycles. The van der Waals surface area contributed by atoms with Crippen LogP contribution in [0.4, 0.5) is 5.69 Å². The van der Waals surface area contributed by atoms with Crippen LogP contribution in [0, 0.1) is 11.3 Å². The fourth-order valence-electron chi connectivity index (χ4n) is 1.80. The van der Waals surface area contributed by atoms with Crippen molar-refractivity contribution in [2.45, 2.75) is 17.7 Å². The van der Waals surface area contributed by atoms with Crippen molar-refractivity contribution in [3.8, 4) is 6.07 Å². The van der Waals surface area contributed by atoms with E-state index in [1.54, 1.807) is 47.5 Å². The molecule has 1 aromatic carbocycles. The van der Waals surface area contributed by atoms with E-state index in [2.05, 4.69) is 16.4 Å². The molecule has 0 bridgehead atoms. The molecule has 1 heterocycles. The van der Waals surface area contributed by atoms with Gasteiger partial charge in [-0.3, -0.25) is 4.79 Å². The molecule has 2 aromatic rings. The predicted octanol–water partition coefficient (Wildman–Crippen LogP) is 3.81. The summed E-state index contributed by atoms with van der Waals surface area (Å²) in [5, 5.41) is 14.1. The maximum Gasteiger partial charge on any atom is 0.161 e. The lowest BCUT2D eigenvalue weighted by atomic mass is 10.1. The third kappa shape index (κ3) is 4.59. The van der Waals surface area contributed by atoms with Gasteiger partial charge in [0.25, 0.3) is 0 Å². The molecule has 0 spiro atoms. The van der Waals surface area contributed by atoms with Gasteiger partial charge in [-0.1, -0.05) is 11.8 Å². The number of ketones is 1. The van der Waals surface area contributed by atoms with Gasteiger partial charge in [-0.2, -0.15) is 5.26 Å². The van der Waals surface area contributed by atoms with Crippen molar-refractivity contribution in [1.82, 2.24) is 4.98 Å². The quantitative estimate of drug-likeness (QED) is 0.478. The highest BCUT2D eigenvalue weighted by molar-refractivity contribution is 8.00. The zero-order chi connectivity index (χ0) is 15.1. The minimum Gasteiger partial charge on any atom is -0.384 e. The predicted molar refractivity (Wildman–Crippen MR) is 87.1 cm³/mol. The summed E-state index contributed by atoms with van der Waals surface area (Å²) in [6, 6.07) is 7.19. The zero-order valence-electron chi connectivity index (χ0n) is 11.6. The molecule has 1 N–H and O–H groups in total. The Morgan fingerprint density at radius 3 is 3.05 bits per heavy atom. The summed E-state index contributed by atoms with van der Waals surface area (Å²) in [7, 11) is 0. The molecule has 0 saturated heterocycles. The molecule has 2 rings (SSSR count). The van der Waals surface area contributed by atoms with E-state index >= 15 is 0 Å². The first kappa shape index (κ1) is 15.5. The average Bonchev–Trinajstić information content (AvgIpc) is 2.99. The Morgan fingerprint density at radius 1 is 1.52 bits per heavy atom. The summed E-state index contributed by atoms with van der Waals surface area (Å²) >= 11 is 3.37. The number of hydrogen-bond acceptors (Lipinski definition) is 6. The highest BCUT2D eigenvalue weighted by atomic mass is 32.2. The second kappa shape index (κ2) is 7.81. The van der Waals surface area contributed by atoms with Crippen LogP contribution in [0.5, 0.6) is 0 Å². The first-order valence-corrected chi connectivity index (χ1v) is 8.38. The minimum atomic E-state index is -0.000787. The number of benzene rings is 1. The van der Waals surface area contributed by atoms with Crippen LogP contribution in [0.2, 0.25) is 0 Å². The number of carbonyl (C=O) groups is 1. The Bertz CT molecular complexity index is 647. The minimum absolute atomic E-state index is 0.000787. The molecule has 0 amide bonds. The molecule has 6 heteroatoms. The van der Waals surface area contributed by atoms with Gasteiger partial charge in [0.05, 0.1) is 11.6 Å². The number of carbonyl (C=O) groups excluding carboxylic acids is 1. The van der Waals surface area contributed by atoms with Crippen LogP contribution in [0.15, 0.2) is 34.1 Å². The number of thiazole rings is 1. The number of anilines is 1. The number of nitrogens with zero attached hydrogens (tertiary/aromatic N) is 2. The van der Waals surface area contributed by atoms with Crippen LogP contribution in [-0.4, -0.2) is 23.1 Å². The van der Waals surface area contributed by atoms with E-state index in [0.29, 0.717) is 11.1 Å². The number of aromatic nitrogens is 1. The Labute approximate surface area is 132 Å². The Kier molecular flexibility index (Phi) is 5.78. The lowest BCUT2D eigenvalue weighted by Gasteiger charge is -2.10. The number of nitriles is 1. The van der Waals surface area contributed by atoms with Crippen molar-refractivity contribution in [2.75, 3.05) is 17.6 Å². The van der Waals surface area contributed by atoms with Gasteiger partial charge in [-0.05, 0) is 31.5 Å². The molecule has 1 aromatic heterocycles. The number of rotatable bonds is 7. The molecule has 0 aliphatic rings. The average molecular weight is 317 g/mol. The first-order valence-electron chi connectivity index (χ1n) is 6.52. The van der Waals surface area contributed by atoms with Crippen molar-refractivity contribution in [2.24, 2.45) is 0 Å². The molecule has 0 fully saturated rings. The summed E-state index contributed by atoms with van der Waals surface area (Å²) in [5.74, 6) is 0.965. The third-order valence-electron chi connectivity index (χ3n) is 2.80. The van der Waals surface area contributed by atoms with Crippen LogP contribution in [0.3, 0.4) is 0 Å². The van der Waals surface area contributed by atoms with Gasteiger partial charge in [0, 0.05) is 35.1 Å². The van der Waals surface area contributed by atoms with E-state index in [0.717, 1.165) is 28.7 Å². The summed E-state index contributed by atoms with van der Waals surface area (Å²) in [5.41, 5.74) is 1.92. The summed E-state index contributed by atoms with van der Waals surface area (Å²) in [6.07, 6.45) is 2.76. The molecule has 0 aliphatic heterocycles. The smallest absolute Gasteiger partial charge is 0.161 e. The highest BCUT2D eigenvalue weighted by Crippen LogP contribution is 2.21. The summed E-state index contributed by atoms with van der Waals surface area (Å²) in [4.78, 5) is 15.8. The maximum atomic E-state index is 11.6. The van der Waals surface area contributed by atoms with Gasteiger partial charge in [-0.15, -0.1) is 11.3 Å². The standard InChI is InChI=1S/C15H15N3OS2/c1-11(19)13-4-3-12(10-16)9-14(13)17-5-2-7-20-15-18-6-8-21-15/h3-4,6,8-9,17H,2,5,7H2,1H3. The van der Waals surface area contributed by atoms with Crippen LogP contribution < -0.4 is 5.32 Å². The Hall–Kier alpha value is -1.84. The Balaban J connectivity index is 1.87. The van der Waals surface area contributed by atoms with Crippen molar-refractivity contribution >= 4 is 34.6 Å². The molecule has 0 atom stereocenters. The van der Waals surface area contributed by atoms with E-state index < -0.39 is 0 Å². The van der Waals surface area contributed by atoms with Gasteiger partial charge < -0.3 is 5.32 Å². The number of hydrogen-bond donors (Lipinski definition) is 1. The van der Waals surface area contributed by atoms with Crippen molar-refractivity contribution in [3.63, 3.8) is 0 Å².